The van der Waals surface area contributed by atoms with Gasteiger partial charge in [-0.05, 0) is 82.6 Å². The SMILES string of the molecule is CCOc1cc([C@H]2NC(=O)NC(C)=C2C(=O)OC)ccc1OC[C@@H](O)N/N=C\c1cc(C)n(-c2ccc(C(C)=O)cc2)c1C. The van der Waals surface area contributed by atoms with E-state index in [0.717, 1.165) is 22.6 Å². The highest BCUT2D eigenvalue weighted by Crippen LogP contribution is 2.35. The molecule has 12 heteroatoms. The fraction of sp³-hybridized carbons (Fsp3) is 0.312. The number of hydrogen-bond acceptors (Lipinski definition) is 9. The number of aliphatic hydroxyl groups excluding tert-OH is 1. The maximum absolute atomic E-state index is 12.4. The van der Waals surface area contributed by atoms with E-state index < -0.39 is 24.3 Å². The van der Waals surface area contributed by atoms with Gasteiger partial charge in [-0.15, -0.1) is 0 Å². The summed E-state index contributed by atoms with van der Waals surface area (Å²) in [6, 6.07) is 13.2. The number of esters is 1. The van der Waals surface area contributed by atoms with E-state index in [0.29, 0.717) is 34.9 Å². The molecule has 0 aliphatic carbocycles. The number of aliphatic hydroxyl groups is 1. The molecule has 44 heavy (non-hydrogen) atoms. The normalized spacial score (nSPS) is 15.4. The predicted octanol–water partition coefficient (Wildman–Crippen LogP) is 3.82. The Kier molecular flexibility index (Phi) is 10.1. The molecule has 1 aliphatic heterocycles. The van der Waals surface area contributed by atoms with Gasteiger partial charge >= 0.3 is 12.0 Å². The van der Waals surface area contributed by atoms with Crippen molar-refractivity contribution >= 4 is 24.0 Å². The van der Waals surface area contributed by atoms with Crippen LogP contribution in [0.15, 0.2) is 64.9 Å². The Bertz CT molecular complexity index is 1610. The van der Waals surface area contributed by atoms with Gasteiger partial charge in [-0.2, -0.15) is 5.10 Å². The van der Waals surface area contributed by atoms with Crippen LogP contribution in [0.3, 0.4) is 0 Å². The zero-order valence-corrected chi connectivity index (χ0v) is 25.6. The van der Waals surface area contributed by atoms with Gasteiger partial charge in [-0.25, -0.2) is 9.59 Å². The number of ketones is 1. The summed E-state index contributed by atoms with van der Waals surface area (Å²) in [5, 5.41) is 20.0. The Hall–Kier alpha value is -5.10. The molecule has 2 atom stereocenters. The van der Waals surface area contributed by atoms with Crippen LogP contribution in [0.4, 0.5) is 4.79 Å². The molecule has 0 bridgehead atoms. The molecule has 4 rings (SSSR count). The van der Waals surface area contributed by atoms with Crippen molar-refractivity contribution in [1.82, 2.24) is 20.6 Å². The molecule has 2 amide bonds. The van der Waals surface area contributed by atoms with Crippen molar-refractivity contribution in [2.45, 2.75) is 46.9 Å². The largest absolute Gasteiger partial charge is 0.490 e. The van der Waals surface area contributed by atoms with Crippen LogP contribution in [0.2, 0.25) is 0 Å². The number of aryl methyl sites for hydroxylation is 1. The third-order valence-corrected chi connectivity index (χ3v) is 7.10. The Morgan fingerprint density at radius 1 is 1.09 bits per heavy atom. The van der Waals surface area contributed by atoms with Crippen molar-refractivity contribution in [3.8, 4) is 17.2 Å². The molecule has 0 unspecified atom stereocenters. The van der Waals surface area contributed by atoms with Crippen LogP contribution in [0, 0.1) is 13.8 Å². The van der Waals surface area contributed by atoms with Crippen molar-refractivity contribution in [2.75, 3.05) is 20.3 Å². The summed E-state index contributed by atoms with van der Waals surface area (Å²) in [6.07, 6.45) is 0.483. The average Bonchev–Trinajstić information content (AvgIpc) is 3.28. The molecule has 0 saturated heterocycles. The van der Waals surface area contributed by atoms with Crippen molar-refractivity contribution < 1.29 is 33.7 Å². The number of carbonyl (C=O) groups excluding carboxylic acids is 3. The monoisotopic (exact) mass is 603 g/mol. The molecule has 0 fully saturated rings. The molecule has 0 radical (unpaired) electrons. The minimum atomic E-state index is -1.14. The average molecular weight is 604 g/mol. The summed E-state index contributed by atoms with van der Waals surface area (Å²) in [4.78, 5) is 36.2. The lowest BCUT2D eigenvalue weighted by atomic mass is 9.95. The fourth-order valence-corrected chi connectivity index (χ4v) is 4.98. The standard InChI is InChI=1S/C32H37N5O7/c1-7-43-27-15-23(30-29(31(40)42-6)19(3)34-32(41)35-30)10-13-26(27)44-17-28(39)36-33-16-24-14-18(2)37(20(24)4)25-11-8-22(9-12-25)21(5)38/h8-16,28,30,36,39H,7,17H2,1-6H3,(H2,34,35,41)/b33-16-/t28-,30-/m1/s1. The number of urea groups is 1. The van der Waals surface area contributed by atoms with Gasteiger partial charge in [0.1, 0.15) is 6.61 Å². The molecule has 0 saturated carbocycles. The number of aromatic nitrogens is 1. The van der Waals surface area contributed by atoms with E-state index in [2.05, 4.69) is 25.7 Å². The number of benzene rings is 2. The van der Waals surface area contributed by atoms with Gasteiger partial charge in [0.05, 0.1) is 31.5 Å². The van der Waals surface area contributed by atoms with Crippen molar-refractivity contribution in [1.29, 1.82) is 0 Å². The molecule has 1 aromatic heterocycles. The number of allylic oxidation sites excluding steroid dienone is 1. The number of carbonyl (C=O) groups is 3. The first-order valence-corrected chi connectivity index (χ1v) is 14.1. The number of hydrogen-bond donors (Lipinski definition) is 4. The number of nitrogens with one attached hydrogen (secondary N) is 3. The maximum atomic E-state index is 12.4. The van der Waals surface area contributed by atoms with E-state index >= 15 is 0 Å². The highest BCUT2D eigenvalue weighted by atomic mass is 16.5. The maximum Gasteiger partial charge on any atom is 0.337 e. The van der Waals surface area contributed by atoms with Gasteiger partial charge < -0.3 is 34.5 Å². The van der Waals surface area contributed by atoms with Crippen LogP contribution in [0.5, 0.6) is 11.5 Å². The van der Waals surface area contributed by atoms with Gasteiger partial charge in [0.15, 0.2) is 23.5 Å². The van der Waals surface area contributed by atoms with Gasteiger partial charge in [0.25, 0.3) is 0 Å². The number of ether oxygens (including phenoxy) is 3. The predicted molar refractivity (Wildman–Crippen MR) is 164 cm³/mol. The molecule has 3 aromatic rings. The van der Waals surface area contributed by atoms with Crippen LogP contribution < -0.4 is 25.5 Å². The Labute approximate surface area is 255 Å². The van der Waals surface area contributed by atoms with Crippen LogP contribution in [-0.2, 0) is 9.53 Å². The first-order valence-electron chi connectivity index (χ1n) is 14.1. The number of rotatable bonds is 12. The quantitative estimate of drug-likeness (QED) is 0.0802. The lowest BCUT2D eigenvalue weighted by Crippen LogP contribution is -2.45. The molecule has 12 nitrogen and oxygen atoms in total. The summed E-state index contributed by atoms with van der Waals surface area (Å²) in [5.41, 5.74) is 8.29. The van der Waals surface area contributed by atoms with Gasteiger partial charge in [0, 0.05) is 33.9 Å². The van der Waals surface area contributed by atoms with E-state index in [1.165, 1.54) is 14.0 Å². The van der Waals surface area contributed by atoms with Crippen LogP contribution in [0.1, 0.15) is 59.7 Å². The summed E-state index contributed by atoms with van der Waals surface area (Å²) < 4.78 is 18.6. The lowest BCUT2D eigenvalue weighted by Gasteiger charge is -2.28. The summed E-state index contributed by atoms with van der Waals surface area (Å²) >= 11 is 0. The second kappa shape index (κ2) is 13.9. The molecule has 1 aliphatic rings. The van der Waals surface area contributed by atoms with Gasteiger partial charge in [0.2, 0.25) is 0 Å². The van der Waals surface area contributed by atoms with Gasteiger partial charge in [-0.3, -0.25) is 10.2 Å². The van der Waals surface area contributed by atoms with E-state index in [1.54, 1.807) is 43.5 Å². The summed E-state index contributed by atoms with van der Waals surface area (Å²) in [5.74, 6) is 0.178. The van der Waals surface area contributed by atoms with Crippen molar-refractivity contribution in [3.63, 3.8) is 0 Å². The Morgan fingerprint density at radius 2 is 1.82 bits per heavy atom. The number of methoxy groups -OCH3 is 1. The number of hydrazone groups is 1. The van der Waals surface area contributed by atoms with E-state index in [1.807, 2.05) is 39.0 Å². The minimum Gasteiger partial charge on any atom is -0.490 e. The first kappa shape index (κ1) is 31.8. The highest BCUT2D eigenvalue weighted by molar-refractivity contribution is 5.95. The van der Waals surface area contributed by atoms with Crippen molar-refractivity contribution in [3.05, 3.63) is 87.9 Å². The molecule has 4 N–H and O–H groups in total. The molecule has 2 aromatic carbocycles. The van der Waals surface area contributed by atoms with Crippen LogP contribution >= 0.6 is 0 Å². The van der Waals surface area contributed by atoms with Crippen LogP contribution in [0.25, 0.3) is 5.69 Å². The fourth-order valence-electron chi connectivity index (χ4n) is 4.98. The molecular formula is C32H37N5O7. The second-order valence-electron chi connectivity index (χ2n) is 10.2. The van der Waals surface area contributed by atoms with Gasteiger partial charge in [-0.1, -0.05) is 6.07 Å². The molecular weight excluding hydrogens is 566 g/mol. The number of nitrogens with zero attached hydrogens (tertiary/aromatic N) is 2. The summed E-state index contributed by atoms with van der Waals surface area (Å²) in [6.45, 7) is 9.12. The third-order valence-electron chi connectivity index (χ3n) is 7.10. The molecule has 232 valence electrons. The minimum absolute atomic E-state index is 0.0130. The second-order valence-corrected chi connectivity index (χ2v) is 10.2. The molecule has 2 heterocycles. The number of amides is 2. The summed E-state index contributed by atoms with van der Waals surface area (Å²) in [7, 11) is 1.28. The highest BCUT2D eigenvalue weighted by Gasteiger charge is 2.32. The first-order chi connectivity index (χ1) is 21.0. The Morgan fingerprint density at radius 3 is 2.48 bits per heavy atom. The third kappa shape index (κ3) is 7.09. The van der Waals surface area contributed by atoms with E-state index in [9.17, 15) is 19.5 Å². The van der Waals surface area contributed by atoms with E-state index in [-0.39, 0.29) is 18.0 Å². The smallest absolute Gasteiger partial charge is 0.337 e. The van der Waals surface area contributed by atoms with Crippen molar-refractivity contribution in [2.24, 2.45) is 5.10 Å². The van der Waals surface area contributed by atoms with Crippen LogP contribution in [-0.4, -0.2) is 60.2 Å². The Balaban J connectivity index is 1.42. The number of Topliss-reactive ketones (excluding diaryl/α,β-unsaturated/α-hetero) is 1. The lowest BCUT2D eigenvalue weighted by molar-refractivity contribution is -0.136. The molecule has 0 spiro atoms. The van der Waals surface area contributed by atoms with E-state index in [4.69, 9.17) is 14.2 Å². The topological polar surface area (TPSA) is 153 Å². The zero-order chi connectivity index (χ0) is 32.0. The zero-order valence-electron chi connectivity index (χ0n) is 25.6.